The van der Waals surface area contributed by atoms with E-state index in [1.807, 2.05) is 21.1 Å². The SMILES string of the molecule is CC/C=C/C/C=C/C/C=C/C/C=C/CCCCCCCCCC(=O)OCC(COCCC(C(=O)O)[N+](C)(C)C)OC(=O)CCCCCCCCC/C=C/C/C=C/CCCCC. The lowest BCUT2D eigenvalue weighted by Crippen LogP contribution is -2.50. The molecule has 0 aromatic carbocycles. The van der Waals surface area contributed by atoms with Crippen LogP contribution < -0.4 is 0 Å². The van der Waals surface area contributed by atoms with Crippen LogP contribution >= 0.6 is 0 Å². The average Bonchev–Trinajstić information content (AvgIpc) is 3.22. The molecule has 8 heteroatoms. The number of hydrogen-bond acceptors (Lipinski definition) is 6. The van der Waals surface area contributed by atoms with E-state index in [0.717, 1.165) is 83.5 Å². The fraction of sp³-hybridized carbons (Fsp3) is 0.717. The third-order valence-electron chi connectivity index (χ3n) is 10.6. The van der Waals surface area contributed by atoms with Crippen LogP contribution in [0.3, 0.4) is 0 Å². The molecule has 2 atom stereocenters. The van der Waals surface area contributed by atoms with Crippen LogP contribution in [0.4, 0.5) is 0 Å². The Hall–Kier alpha value is -3.23. The van der Waals surface area contributed by atoms with E-state index in [9.17, 15) is 19.5 Å². The van der Waals surface area contributed by atoms with Crippen LogP contribution in [0, 0.1) is 0 Å². The number of quaternary nitrogens is 1. The molecule has 350 valence electrons. The van der Waals surface area contributed by atoms with Gasteiger partial charge in [0.15, 0.2) is 12.1 Å². The molecule has 0 bridgehead atoms. The molecule has 61 heavy (non-hydrogen) atoms. The largest absolute Gasteiger partial charge is 0.477 e. The number of carboxylic acid groups (broad SMARTS) is 1. The Morgan fingerprint density at radius 2 is 0.918 bits per heavy atom. The standard InChI is InChI=1S/C53H91NO7/c1-6-8-10-12-14-16-18-20-22-24-25-26-28-29-31-33-35-37-39-41-43-51(55)60-48-49(47-59-46-45-50(53(57)58)54(3,4)5)61-52(56)44-42-40-38-36-34-32-30-27-23-21-19-17-15-13-11-9-7-2/h8,10,14-17,20-23,25-26,49-50H,6-7,9,11-13,18-19,24,27-48H2,1-5H3/p+1/b10-8+,16-14+,17-15+,22-20+,23-21+,26-25+. The zero-order chi connectivity index (χ0) is 44.9. The number of aliphatic carboxylic acids is 1. The first-order chi connectivity index (χ1) is 29.6. The smallest absolute Gasteiger partial charge is 0.362 e. The third kappa shape index (κ3) is 41.9. The summed E-state index contributed by atoms with van der Waals surface area (Å²) in [6.45, 7) is 4.58. The lowest BCUT2D eigenvalue weighted by Gasteiger charge is -2.31. The molecule has 0 spiro atoms. The van der Waals surface area contributed by atoms with Crippen molar-refractivity contribution in [1.82, 2.24) is 0 Å². The Balaban J connectivity index is 4.32. The minimum atomic E-state index is -0.880. The van der Waals surface area contributed by atoms with E-state index in [0.29, 0.717) is 19.3 Å². The summed E-state index contributed by atoms with van der Waals surface area (Å²) in [7, 11) is 5.52. The maximum Gasteiger partial charge on any atom is 0.362 e. The summed E-state index contributed by atoms with van der Waals surface area (Å²) in [5, 5.41) is 9.64. The topological polar surface area (TPSA) is 99.1 Å². The molecule has 0 rings (SSSR count). The fourth-order valence-corrected chi connectivity index (χ4v) is 6.82. The molecule has 2 unspecified atom stereocenters. The van der Waals surface area contributed by atoms with Crippen LogP contribution in [0.15, 0.2) is 72.9 Å². The predicted molar refractivity (Wildman–Crippen MR) is 257 cm³/mol. The van der Waals surface area contributed by atoms with Gasteiger partial charge in [0.05, 0.1) is 34.4 Å². The van der Waals surface area contributed by atoms with Crippen LogP contribution in [0.1, 0.15) is 194 Å². The highest BCUT2D eigenvalue weighted by Crippen LogP contribution is 2.14. The van der Waals surface area contributed by atoms with Gasteiger partial charge in [-0.1, -0.05) is 164 Å². The van der Waals surface area contributed by atoms with Gasteiger partial charge in [-0.2, -0.15) is 0 Å². The van der Waals surface area contributed by atoms with E-state index >= 15 is 0 Å². The summed E-state index contributed by atoms with van der Waals surface area (Å²) in [6.07, 6.45) is 55.1. The predicted octanol–water partition coefficient (Wildman–Crippen LogP) is 13.9. The molecule has 0 radical (unpaired) electrons. The Bertz CT molecular complexity index is 1230. The van der Waals surface area contributed by atoms with E-state index in [1.54, 1.807) is 0 Å². The van der Waals surface area contributed by atoms with Crippen molar-refractivity contribution in [2.24, 2.45) is 0 Å². The quantitative estimate of drug-likeness (QED) is 0.0282. The van der Waals surface area contributed by atoms with Crippen molar-refractivity contribution in [3.63, 3.8) is 0 Å². The lowest BCUT2D eigenvalue weighted by atomic mass is 10.1. The first kappa shape index (κ1) is 57.8. The number of carbonyl (C=O) groups excluding carboxylic acids is 2. The number of likely N-dealkylation sites (N-methyl/N-ethyl adjacent to an activating group) is 1. The van der Waals surface area contributed by atoms with Gasteiger partial charge in [0.2, 0.25) is 0 Å². The summed E-state index contributed by atoms with van der Waals surface area (Å²) in [6, 6.07) is -0.621. The molecular weight excluding hydrogens is 763 g/mol. The Morgan fingerprint density at radius 1 is 0.508 bits per heavy atom. The number of hydrogen-bond donors (Lipinski definition) is 1. The maximum absolute atomic E-state index is 12.8. The van der Waals surface area contributed by atoms with E-state index < -0.39 is 18.1 Å². The second-order valence-corrected chi connectivity index (χ2v) is 17.3. The molecule has 0 saturated heterocycles. The van der Waals surface area contributed by atoms with E-state index in [4.69, 9.17) is 14.2 Å². The number of ether oxygens (including phenoxy) is 3. The molecule has 0 amide bonds. The zero-order valence-corrected chi connectivity index (χ0v) is 39.8. The van der Waals surface area contributed by atoms with Gasteiger partial charge >= 0.3 is 17.9 Å². The summed E-state index contributed by atoms with van der Waals surface area (Å²) < 4.78 is 17.3. The van der Waals surface area contributed by atoms with Gasteiger partial charge < -0.3 is 23.8 Å². The van der Waals surface area contributed by atoms with Crippen LogP contribution in [0.2, 0.25) is 0 Å². The number of unbranched alkanes of at least 4 members (excludes halogenated alkanes) is 17. The molecule has 0 aromatic rings. The minimum absolute atomic E-state index is 0.0513. The van der Waals surface area contributed by atoms with Crippen molar-refractivity contribution in [3.05, 3.63) is 72.9 Å². The van der Waals surface area contributed by atoms with Crippen molar-refractivity contribution >= 4 is 17.9 Å². The Labute approximate surface area is 374 Å². The van der Waals surface area contributed by atoms with Gasteiger partial charge in [0, 0.05) is 19.3 Å². The maximum atomic E-state index is 12.8. The number of allylic oxidation sites excluding steroid dienone is 12. The monoisotopic (exact) mass is 855 g/mol. The molecule has 1 N–H and O–H groups in total. The molecule has 0 saturated carbocycles. The summed E-state index contributed by atoms with van der Waals surface area (Å²) >= 11 is 0. The van der Waals surface area contributed by atoms with Gasteiger partial charge in [-0.3, -0.25) is 9.59 Å². The number of esters is 2. The molecule has 0 aliphatic heterocycles. The van der Waals surface area contributed by atoms with Crippen molar-refractivity contribution in [3.8, 4) is 0 Å². The summed E-state index contributed by atoms with van der Waals surface area (Å²) in [5.41, 5.74) is 0. The normalized spacial score (nSPS) is 13.5. The molecule has 0 fully saturated rings. The highest BCUT2D eigenvalue weighted by molar-refractivity contribution is 5.72. The van der Waals surface area contributed by atoms with Gasteiger partial charge in [0.25, 0.3) is 0 Å². The fourth-order valence-electron chi connectivity index (χ4n) is 6.82. The Morgan fingerprint density at radius 3 is 1.36 bits per heavy atom. The highest BCUT2D eigenvalue weighted by atomic mass is 16.6. The van der Waals surface area contributed by atoms with Crippen molar-refractivity contribution in [2.45, 2.75) is 206 Å². The summed E-state index contributed by atoms with van der Waals surface area (Å²) in [5.74, 6) is -1.49. The van der Waals surface area contributed by atoms with Crippen molar-refractivity contribution in [1.29, 1.82) is 0 Å². The van der Waals surface area contributed by atoms with Crippen molar-refractivity contribution < 1.29 is 38.2 Å². The van der Waals surface area contributed by atoms with Crippen LogP contribution in [0.25, 0.3) is 0 Å². The van der Waals surface area contributed by atoms with Crippen LogP contribution in [-0.2, 0) is 28.6 Å². The van der Waals surface area contributed by atoms with Gasteiger partial charge in [-0.15, -0.1) is 0 Å². The van der Waals surface area contributed by atoms with Crippen LogP contribution in [0.5, 0.6) is 0 Å². The van der Waals surface area contributed by atoms with E-state index in [2.05, 4.69) is 86.8 Å². The molecule has 0 aliphatic rings. The number of nitrogens with zero attached hydrogens (tertiary/aromatic N) is 1. The molecule has 0 heterocycles. The number of rotatable bonds is 43. The molecular formula is C53H92NO7+. The molecule has 8 nitrogen and oxygen atoms in total. The van der Waals surface area contributed by atoms with E-state index in [1.165, 1.54) is 77.0 Å². The minimum Gasteiger partial charge on any atom is -0.477 e. The lowest BCUT2D eigenvalue weighted by molar-refractivity contribution is -0.887. The molecule has 0 aliphatic carbocycles. The second kappa shape index (κ2) is 43.4. The van der Waals surface area contributed by atoms with Gasteiger partial charge in [-0.25, -0.2) is 4.79 Å². The van der Waals surface area contributed by atoms with E-state index in [-0.39, 0.29) is 36.2 Å². The highest BCUT2D eigenvalue weighted by Gasteiger charge is 2.31. The third-order valence-corrected chi connectivity index (χ3v) is 10.6. The number of carbonyl (C=O) groups is 3. The first-order valence-electron chi connectivity index (χ1n) is 24.5. The summed E-state index contributed by atoms with van der Waals surface area (Å²) in [4.78, 5) is 37.1. The van der Waals surface area contributed by atoms with Crippen LogP contribution in [-0.4, -0.2) is 80.6 Å². The molecule has 0 aromatic heterocycles. The number of carboxylic acids is 1. The van der Waals surface area contributed by atoms with Crippen molar-refractivity contribution in [2.75, 3.05) is 41.0 Å². The average molecular weight is 855 g/mol. The second-order valence-electron chi connectivity index (χ2n) is 17.3. The first-order valence-corrected chi connectivity index (χ1v) is 24.5. The van der Waals surface area contributed by atoms with Gasteiger partial charge in [0.1, 0.15) is 6.61 Å². The van der Waals surface area contributed by atoms with Gasteiger partial charge in [-0.05, 0) is 83.5 Å². The Kier molecular flexibility index (Phi) is 41.1. The zero-order valence-electron chi connectivity index (χ0n) is 39.8.